The quantitative estimate of drug-likeness (QED) is 0.657. The molecule has 2 N–H and O–H groups in total. The molecule has 0 aliphatic heterocycles. The largest absolute Gasteiger partial charge is 0.487 e. The number of amides is 2. The number of anilines is 2. The summed E-state index contributed by atoms with van der Waals surface area (Å²) in [4.78, 5) is 28.1. The van der Waals surface area contributed by atoms with Gasteiger partial charge in [0.2, 0.25) is 0 Å². The number of carbonyl (C=O) groups excluding carboxylic acids is 2. The fourth-order valence-corrected chi connectivity index (χ4v) is 2.43. The fourth-order valence-electron chi connectivity index (χ4n) is 2.25. The van der Waals surface area contributed by atoms with Gasteiger partial charge < -0.3 is 15.4 Å². The van der Waals surface area contributed by atoms with Gasteiger partial charge in [-0.2, -0.15) is 0 Å². The Morgan fingerprint density at radius 3 is 2.37 bits per heavy atom. The summed E-state index contributed by atoms with van der Waals surface area (Å²) < 4.78 is 5.62. The minimum Gasteiger partial charge on any atom is -0.487 e. The van der Waals surface area contributed by atoms with Crippen LogP contribution in [0.15, 0.2) is 73.1 Å². The standard InChI is InChI=1S/C20H16ClN3O3/c21-18-9-8-16(11-14(18)13-27-17-7-4-10-22-12-17)24-20(26)19(25)23-15-5-2-1-3-6-15/h1-12H,13H2,(H,23,25)(H,24,26). The van der Waals surface area contributed by atoms with E-state index in [-0.39, 0.29) is 6.61 Å². The number of pyridine rings is 1. The maximum Gasteiger partial charge on any atom is 0.314 e. The molecule has 0 radical (unpaired) electrons. The molecule has 0 spiro atoms. The third-order valence-corrected chi connectivity index (χ3v) is 3.94. The Balaban J connectivity index is 1.63. The summed E-state index contributed by atoms with van der Waals surface area (Å²) in [6, 6.07) is 17.2. The van der Waals surface area contributed by atoms with Crippen molar-refractivity contribution in [3.05, 3.63) is 83.6 Å². The van der Waals surface area contributed by atoms with Crippen LogP contribution in [0.25, 0.3) is 0 Å². The maximum atomic E-state index is 12.1. The van der Waals surface area contributed by atoms with Crippen LogP contribution >= 0.6 is 11.6 Å². The molecule has 0 atom stereocenters. The minimum absolute atomic E-state index is 0.199. The summed E-state index contributed by atoms with van der Waals surface area (Å²) in [7, 11) is 0. The monoisotopic (exact) mass is 381 g/mol. The first-order valence-electron chi connectivity index (χ1n) is 8.10. The van der Waals surface area contributed by atoms with Gasteiger partial charge in [-0.25, -0.2) is 0 Å². The highest BCUT2D eigenvalue weighted by Gasteiger charge is 2.14. The van der Waals surface area contributed by atoms with Crippen LogP contribution in [0, 0.1) is 0 Å². The van der Waals surface area contributed by atoms with E-state index in [1.54, 1.807) is 67.0 Å². The highest BCUT2D eigenvalue weighted by Crippen LogP contribution is 2.22. The van der Waals surface area contributed by atoms with Gasteiger partial charge in [-0.3, -0.25) is 14.6 Å². The van der Waals surface area contributed by atoms with E-state index in [4.69, 9.17) is 16.3 Å². The van der Waals surface area contributed by atoms with Gasteiger partial charge in [0.05, 0.1) is 6.20 Å². The Bertz CT molecular complexity index is 934. The molecule has 0 saturated heterocycles. The van der Waals surface area contributed by atoms with Gasteiger partial charge in [0.15, 0.2) is 0 Å². The number of nitrogens with one attached hydrogen (secondary N) is 2. The van der Waals surface area contributed by atoms with E-state index in [1.165, 1.54) is 0 Å². The fraction of sp³-hybridized carbons (Fsp3) is 0.0500. The van der Waals surface area contributed by atoms with Crippen molar-refractivity contribution in [3.63, 3.8) is 0 Å². The maximum absolute atomic E-state index is 12.1. The zero-order valence-electron chi connectivity index (χ0n) is 14.2. The third kappa shape index (κ3) is 5.29. The number of ether oxygens (including phenoxy) is 1. The lowest BCUT2D eigenvalue weighted by Crippen LogP contribution is -2.29. The molecule has 7 heteroatoms. The average Bonchev–Trinajstić information content (AvgIpc) is 2.70. The van der Waals surface area contributed by atoms with Crippen molar-refractivity contribution in [2.24, 2.45) is 0 Å². The van der Waals surface area contributed by atoms with E-state index in [0.29, 0.717) is 27.7 Å². The highest BCUT2D eigenvalue weighted by molar-refractivity contribution is 6.43. The minimum atomic E-state index is -0.777. The molecule has 2 aromatic carbocycles. The van der Waals surface area contributed by atoms with Crippen molar-refractivity contribution in [1.82, 2.24) is 4.98 Å². The third-order valence-electron chi connectivity index (χ3n) is 3.57. The molecule has 0 bridgehead atoms. The van der Waals surface area contributed by atoms with Crippen LogP contribution in [0.2, 0.25) is 5.02 Å². The van der Waals surface area contributed by atoms with E-state index in [1.807, 2.05) is 6.07 Å². The highest BCUT2D eigenvalue weighted by atomic mass is 35.5. The van der Waals surface area contributed by atoms with Crippen molar-refractivity contribution in [1.29, 1.82) is 0 Å². The van der Waals surface area contributed by atoms with Crippen molar-refractivity contribution >= 4 is 34.8 Å². The Morgan fingerprint density at radius 2 is 1.67 bits per heavy atom. The van der Waals surface area contributed by atoms with E-state index < -0.39 is 11.8 Å². The van der Waals surface area contributed by atoms with Crippen LogP contribution < -0.4 is 15.4 Å². The second-order valence-electron chi connectivity index (χ2n) is 5.56. The lowest BCUT2D eigenvalue weighted by molar-refractivity contribution is -0.132. The summed E-state index contributed by atoms with van der Waals surface area (Å²) in [6.07, 6.45) is 3.24. The summed E-state index contributed by atoms with van der Waals surface area (Å²) in [5, 5.41) is 5.57. The molecule has 0 aliphatic carbocycles. The van der Waals surface area contributed by atoms with Gasteiger partial charge in [-0.05, 0) is 42.5 Å². The number of rotatable bonds is 5. The zero-order valence-corrected chi connectivity index (χ0v) is 14.9. The second kappa shape index (κ2) is 8.82. The zero-order chi connectivity index (χ0) is 19.1. The van der Waals surface area contributed by atoms with Crippen molar-refractivity contribution in [2.75, 3.05) is 10.6 Å². The number of halogens is 1. The van der Waals surface area contributed by atoms with Crippen LogP contribution in [0.1, 0.15) is 5.56 Å². The van der Waals surface area contributed by atoms with Crippen molar-refractivity contribution in [3.8, 4) is 5.75 Å². The lowest BCUT2D eigenvalue weighted by atomic mass is 10.2. The van der Waals surface area contributed by atoms with Crippen molar-refractivity contribution in [2.45, 2.75) is 6.61 Å². The molecule has 0 fully saturated rings. The Kier molecular flexibility index (Phi) is 6.02. The van der Waals surface area contributed by atoms with E-state index in [9.17, 15) is 9.59 Å². The Labute approximate surface area is 161 Å². The summed E-state index contributed by atoms with van der Waals surface area (Å²) >= 11 is 6.18. The summed E-state index contributed by atoms with van der Waals surface area (Å²) in [6.45, 7) is 0.199. The number of hydrogen-bond acceptors (Lipinski definition) is 4. The normalized spacial score (nSPS) is 10.1. The van der Waals surface area contributed by atoms with E-state index in [0.717, 1.165) is 0 Å². The van der Waals surface area contributed by atoms with Crippen LogP contribution in [0.4, 0.5) is 11.4 Å². The molecule has 3 rings (SSSR count). The first kappa shape index (κ1) is 18.4. The molecular weight excluding hydrogens is 366 g/mol. The van der Waals surface area contributed by atoms with Gasteiger partial charge in [0.1, 0.15) is 12.4 Å². The first-order chi connectivity index (χ1) is 13.1. The molecule has 1 aromatic heterocycles. The molecule has 6 nitrogen and oxygen atoms in total. The predicted molar refractivity (Wildman–Crippen MR) is 104 cm³/mol. The number of hydrogen-bond donors (Lipinski definition) is 2. The average molecular weight is 382 g/mol. The summed E-state index contributed by atoms with van der Waals surface area (Å²) in [5.41, 5.74) is 1.65. The van der Waals surface area contributed by atoms with Gasteiger partial charge >= 0.3 is 11.8 Å². The number of nitrogens with zero attached hydrogens (tertiary/aromatic N) is 1. The van der Waals surface area contributed by atoms with Gasteiger partial charge in [0.25, 0.3) is 0 Å². The molecule has 2 amide bonds. The molecule has 0 unspecified atom stereocenters. The second-order valence-corrected chi connectivity index (χ2v) is 5.97. The number of para-hydroxylation sites is 1. The van der Waals surface area contributed by atoms with Crippen molar-refractivity contribution < 1.29 is 14.3 Å². The van der Waals surface area contributed by atoms with Gasteiger partial charge in [-0.1, -0.05) is 29.8 Å². The molecule has 0 saturated carbocycles. The molecule has 0 aliphatic rings. The molecule has 3 aromatic rings. The van der Waals surface area contributed by atoms with Gasteiger partial charge in [-0.15, -0.1) is 0 Å². The van der Waals surface area contributed by atoms with E-state index >= 15 is 0 Å². The lowest BCUT2D eigenvalue weighted by Gasteiger charge is -2.11. The van der Waals surface area contributed by atoms with Crippen LogP contribution in [0.5, 0.6) is 5.75 Å². The first-order valence-corrected chi connectivity index (χ1v) is 8.48. The predicted octanol–water partition coefficient (Wildman–Crippen LogP) is 3.89. The topological polar surface area (TPSA) is 80.3 Å². The van der Waals surface area contributed by atoms with Crippen LogP contribution in [-0.4, -0.2) is 16.8 Å². The molecule has 1 heterocycles. The number of aromatic nitrogens is 1. The van der Waals surface area contributed by atoms with Gasteiger partial charge in [0, 0.05) is 28.2 Å². The van der Waals surface area contributed by atoms with E-state index in [2.05, 4.69) is 15.6 Å². The number of carbonyl (C=O) groups is 2. The summed E-state index contributed by atoms with van der Waals surface area (Å²) in [5.74, 6) is -0.935. The SMILES string of the molecule is O=C(Nc1ccccc1)C(=O)Nc1ccc(Cl)c(COc2cccnc2)c1. The number of benzene rings is 2. The molecule has 27 heavy (non-hydrogen) atoms. The molecular formula is C20H16ClN3O3. The van der Waals surface area contributed by atoms with Crippen LogP contribution in [0.3, 0.4) is 0 Å². The Morgan fingerprint density at radius 1 is 0.926 bits per heavy atom. The molecule has 136 valence electrons. The van der Waals surface area contributed by atoms with Crippen LogP contribution in [-0.2, 0) is 16.2 Å². The smallest absolute Gasteiger partial charge is 0.314 e. The Hall–Kier alpha value is -3.38.